The van der Waals surface area contributed by atoms with Gasteiger partial charge in [-0.3, -0.25) is 4.79 Å². The molecule has 0 radical (unpaired) electrons. The van der Waals surface area contributed by atoms with Crippen molar-refractivity contribution in [3.8, 4) is 5.82 Å². The first-order chi connectivity index (χ1) is 10.5. The largest absolute Gasteiger partial charge is 0.343 e. The number of nitrogens with zero attached hydrogens (tertiary/aromatic N) is 6. The molecule has 2 aromatic heterocycles. The second-order valence-corrected chi connectivity index (χ2v) is 5.76. The molecule has 1 amide bonds. The maximum atomic E-state index is 12.0. The van der Waals surface area contributed by atoms with Crippen molar-refractivity contribution in [2.75, 3.05) is 14.1 Å². The van der Waals surface area contributed by atoms with Crippen LogP contribution in [-0.4, -0.2) is 49.6 Å². The predicted octanol–water partition coefficient (Wildman–Crippen LogP) is 1.08. The quantitative estimate of drug-likeness (QED) is 0.895. The highest BCUT2D eigenvalue weighted by Gasteiger charge is 2.30. The molecular weight excluding hydrogens is 318 g/mol. The summed E-state index contributed by atoms with van der Waals surface area (Å²) in [6, 6.07) is 1.34. The van der Waals surface area contributed by atoms with Gasteiger partial charge in [0.05, 0.1) is 6.04 Å². The first-order valence-corrected chi connectivity index (χ1v) is 7.24. The highest BCUT2D eigenvalue weighted by molar-refractivity contribution is 5.92. The van der Waals surface area contributed by atoms with Crippen LogP contribution in [0.1, 0.15) is 53.9 Å². The molecule has 1 atom stereocenters. The number of rotatable bonds is 4. The number of halogens is 1. The van der Waals surface area contributed by atoms with E-state index in [0.29, 0.717) is 23.3 Å². The molecule has 1 unspecified atom stereocenters. The molecule has 1 aliphatic carbocycles. The van der Waals surface area contributed by atoms with Gasteiger partial charge in [-0.2, -0.15) is 4.68 Å². The third kappa shape index (κ3) is 3.48. The number of hydrogen-bond donors (Lipinski definition) is 1. The van der Waals surface area contributed by atoms with Crippen LogP contribution in [0.3, 0.4) is 0 Å². The molecule has 1 fully saturated rings. The summed E-state index contributed by atoms with van der Waals surface area (Å²) in [6.45, 7) is 1.85. The number of carbonyl (C=O) groups excluding carboxylic acids is 1. The van der Waals surface area contributed by atoms with Crippen LogP contribution in [0.2, 0.25) is 0 Å². The van der Waals surface area contributed by atoms with E-state index in [1.807, 2.05) is 6.92 Å². The van der Waals surface area contributed by atoms with Crippen LogP contribution in [0, 0.1) is 0 Å². The minimum Gasteiger partial charge on any atom is -0.343 e. The van der Waals surface area contributed by atoms with Crippen molar-refractivity contribution in [1.82, 2.24) is 29.6 Å². The van der Waals surface area contributed by atoms with E-state index in [4.69, 9.17) is 5.73 Å². The monoisotopic (exact) mass is 337 g/mol. The van der Waals surface area contributed by atoms with Gasteiger partial charge in [-0.15, -0.1) is 17.5 Å². The summed E-state index contributed by atoms with van der Waals surface area (Å²) in [5.74, 6) is 2.18. The molecule has 0 saturated heterocycles. The Morgan fingerprint density at radius 2 is 2.09 bits per heavy atom. The van der Waals surface area contributed by atoms with Crippen molar-refractivity contribution in [2.45, 2.75) is 31.7 Å². The zero-order chi connectivity index (χ0) is 15.9. The first kappa shape index (κ1) is 17.3. The number of nitrogens with two attached hydrogens (primary N) is 1. The fraction of sp³-hybridized carbons (Fsp3) is 0.500. The zero-order valence-electron chi connectivity index (χ0n) is 13.3. The molecule has 0 aromatic carbocycles. The summed E-state index contributed by atoms with van der Waals surface area (Å²) >= 11 is 0. The third-order valence-electron chi connectivity index (χ3n) is 3.49. The normalized spacial score (nSPS) is 15.0. The van der Waals surface area contributed by atoms with E-state index in [0.717, 1.165) is 18.7 Å². The molecule has 2 N–H and O–H groups in total. The summed E-state index contributed by atoms with van der Waals surface area (Å²) in [5, 5.41) is 4.52. The minimum absolute atomic E-state index is 0. The van der Waals surface area contributed by atoms with E-state index in [9.17, 15) is 4.79 Å². The first-order valence-electron chi connectivity index (χ1n) is 7.24. The molecule has 2 aromatic rings. The fourth-order valence-corrected chi connectivity index (χ4v) is 2.13. The van der Waals surface area contributed by atoms with Crippen LogP contribution in [0.25, 0.3) is 5.82 Å². The molecule has 3 rings (SSSR count). The Balaban J connectivity index is 0.00000192. The van der Waals surface area contributed by atoms with E-state index < -0.39 is 0 Å². The lowest BCUT2D eigenvalue weighted by atomic mass is 10.3. The van der Waals surface area contributed by atoms with Gasteiger partial charge in [-0.25, -0.2) is 15.0 Å². The average molecular weight is 338 g/mol. The van der Waals surface area contributed by atoms with Gasteiger partial charge in [0.2, 0.25) is 0 Å². The Labute approximate surface area is 140 Å². The van der Waals surface area contributed by atoms with Gasteiger partial charge < -0.3 is 10.6 Å². The molecule has 9 heteroatoms. The molecule has 0 spiro atoms. The maximum Gasteiger partial charge on any atom is 0.272 e. The molecule has 8 nitrogen and oxygen atoms in total. The molecule has 1 aliphatic rings. The van der Waals surface area contributed by atoms with E-state index in [1.54, 1.807) is 24.8 Å². The molecule has 1 saturated carbocycles. The van der Waals surface area contributed by atoms with Crippen LogP contribution < -0.4 is 5.73 Å². The van der Waals surface area contributed by atoms with Crippen LogP contribution in [0.15, 0.2) is 12.4 Å². The van der Waals surface area contributed by atoms with Crippen LogP contribution in [0.4, 0.5) is 0 Å². The van der Waals surface area contributed by atoms with Crippen LogP contribution in [0.5, 0.6) is 0 Å². The molecule has 0 aliphatic heterocycles. The van der Waals surface area contributed by atoms with Crippen molar-refractivity contribution >= 4 is 18.3 Å². The van der Waals surface area contributed by atoms with E-state index >= 15 is 0 Å². The lowest BCUT2D eigenvalue weighted by Crippen LogP contribution is -2.23. The number of aromatic nitrogens is 5. The lowest BCUT2D eigenvalue weighted by molar-refractivity contribution is 0.0821. The summed E-state index contributed by atoms with van der Waals surface area (Å²) < 4.78 is 1.62. The highest BCUT2D eigenvalue weighted by Crippen LogP contribution is 2.38. The van der Waals surface area contributed by atoms with Gasteiger partial charge in [0.25, 0.3) is 5.91 Å². The standard InChI is InChI=1S/C14H19N7O.ClH/c1-8(15)13-18-12(9-4-5-9)19-21(13)11-6-10(16-7-17-11)14(22)20(2)3;/h6-9H,4-5,15H2,1-3H3;1H. The Bertz CT molecular complexity index is 709. The van der Waals surface area contributed by atoms with E-state index in [1.165, 1.54) is 11.2 Å². The van der Waals surface area contributed by atoms with Gasteiger partial charge in [0, 0.05) is 26.1 Å². The Morgan fingerprint density at radius 1 is 1.39 bits per heavy atom. The molecule has 23 heavy (non-hydrogen) atoms. The molecule has 0 bridgehead atoms. The molecular formula is C14H20ClN7O. The van der Waals surface area contributed by atoms with Gasteiger partial charge in [0.1, 0.15) is 12.0 Å². The van der Waals surface area contributed by atoms with Crippen molar-refractivity contribution in [3.05, 3.63) is 29.7 Å². The van der Waals surface area contributed by atoms with Crippen molar-refractivity contribution < 1.29 is 4.79 Å². The number of amides is 1. The smallest absolute Gasteiger partial charge is 0.272 e. The van der Waals surface area contributed by atoms with E-state index in [2.05, 4.69) is 20.1 Å². The second kappa shape index (κ2) is 6.59. The number of carbonyl (C=O) groups is 1. The fourth-order valence-electron chi connectivity index (χ4n) is 2.13. The highest BCUT2D eigenvalue weighted by atomic mass is 35.5. The zero-order valence-corrected chi connectivity index (χ0v) is 14.1. The SMILES string of the molecule is CC(N)c1nc(C2CC2)nn1-c1cc(C(=O)N(C)C)ncn1.Cl. The number of hydrogen-bond acceptors (Lipinski definition) is 6. The van der Waals surface area contributed by atoms with E-state index in [-0.39, 0.29) is 24.4 Å². The molecule has 124 valence electrons. The van der Waals surface area contributed by atoms with Gasteiger partial charge >= 0.3 is 0 Å². The van der Waals surface area contributed by atoms with Crippen LogP contribution >= 0.6 is 12.4 Å². The average Bonchev–Trinajstić information content (AvgIpc) is 3.24. The summed E-state index contributed by atoms with van der Waals surface area (Å²) in [5.41, 5.74) is 6.30. The third-order valence-corrected chi connectivity index (χ3v) is 3.49. The van der Waals surface area contributed by atoms with Gasteiger partial charge in [-0.1, -0.05) is 0 Å². The Hall–Kier alpha value is -2.06. The lowest BCUT2D eigenvalue weighted by Gasteiger charge is -2.11. The van der Waals surface area contributed by atoms with Crippen LogP contribution in [-0.2, 0) is 0 Å². The Morgan fingerprint density at radius 3 is 2.65 bits per heavy atom. The van der Waals surface area contributed by atoms with Crippen molar-refractivity contribution in [1.29, 1.82) is 0 Å². The summed E-state index contributed by atoms with van der Waals surface area (Å²) in [6.07, 6.45) is 3.57. The van der Waals surface area contributed by atoms with Gasteiger partial charge in [-0.05, 0) is 19.8 Å². The predicted molar refractivity (Wildman–Crippen MR) is 86.8 cm³/mol. The Kier molecular flexibility index (Phi) is 4.96. The van der Waals surface area contributed by atoms with Gasteiger partial charge in [0.15, 0.2) is 17.5 Å². The topological polar surface area (TPSA) is 103 Å². The van der Waals surface area contributed by atoms with Crippen molar-refractivity contribution in [2.24, 2.45) is 5.73 Å². The summed E-state index contributed by atoms with van der Waals surface area (Å²) in [7, 11) is 3.36. The summed E-state index contributed by atoms with van der Waals surface area (Å²) in [4.78, 5) is 26.3. The maximum absolute atomic E-state index is 12.0. The van der Waals surface area contributed by atoms with Crippen molar-refractivity contribution in [3.63, 3.8) is 0 Å². The minimum atomic E-state index is -0.275. The second-order valence-electron chi connectivity index (χ2n) is 5.76. The molecule has 2 heterocycles.